The topological polar surface area (TPSA) is 27.0 Å². The summed E-state index contributed by atoms with van der Waals surface area (Å²) >= 11 is 3.46. The van der Waals surface area contributed by atoms with Gasteiger partial charge in [-0.15, -0.1) is 0 Å². The number of unbranched alkanes of at least 4 members (excludes halogenated alkanes) is 1. The summed E-state index contributed by atoms with van der Waals surface area (Å²) in [5.41, 5.74) is 1.73. The summed E-state index contributed by atoms with van der Waals surface area (Å²) in [7, 11) is 1.94. The Morgan fingerprint density at radius 2 is 2.05 bits per heavy atom. The first-order valence-corrected chi connectivity index (χ1v) is 8.44. The Morgan fingerprint density at radius 1 is 1.33 bits per heavy atom. The van der Waals surface area contributed by atoms with Crippen LogP contribution in [-0.2, 0) is 0 Å². The standard InChI is InChI=1S/C18H23BrN2/c1-3-9-16(10-7-8-13-19)14-18(15-20)21(2)17-11-5-4-6-12-17/h3-6,9,11-12,14,16H,7-8,10,13H2,1-2H3/b9-3-,18-14+. The van der Waals surface area contributed by atoms with Crippen molar-refractivity contribution in [1.29, 1.82) is 5.26 Å². The quantitative estimate of drug-likeness (QED) is 0.277. The molecule has 0 aliphatic heterocycles. The second-order valence-corrected chi connectivity index (χ2v) is 5.73. The summed E-state index contributed by atoms with van der Waals surface area (Å²) in [4.78, 5) is 1.95. The van der Waals surface area contributed by atoms with Crippen LogP contribution in [0.5, 0.6) is 0 Å². The second-order valence-electron chi connectivity index (χ2n) is 4.93. The predicted octanol–water partition coefficient (Wildman–Crippen LogP) is 5.29. The van der Waals surface area contributed by atoms with Gasteiger partial charge < -0.3 is 4.90 Å². The van der Waals surface area contributed by atoms with Crippen LogP contribution in [0.15, 0.2) is 54.3 Å². The van der Waals surface area contributed by atoms with Crippen LogP contribution in [0.1, 0.15) is 26.2 Å². The number of hydrogen-bond acceptors (Lipinski definition) is 2. The zero-order valence-electron chi connectivity index (χ0n) is 12.8. The molecule has 0 radical (unpaired) electrons. The molecule has 0 heterocycles. The van der Waals surface area contributed by atoms with E-state index >= 15 is 0 Å². The number of halogens is 1. The molecular formula is C18H23BrN2. The van der Waals surface area contributed by atoms with Crippen molar-refractivity contribution in [2.75, 3.05) is 17.3 Å². The molecular weight excluding hydrogens is 324 g/mol. The molecule has 1 unspecified atom stereocenters. The van der Waals surface area contributed by atoms with Crippen LogP contribution in [-0.4, -0.2) is 12.4 Å². The molecule has 1 atom stereocenters. The molecule has 1 rings (SSSR count). The number of nitriles is 1. The van der Waals surface area contributed by atoms with Gasteiger partial charge in [0, 0.05) is 18.1 Å². The first-order chi connectivity index (χ1) is 10.2. The van der Waals surface area contributed by atoms with E-state index < -0.39 is 0 Å². The molecule has 0 aliphatic rings. The highest BCUT2D eigenvalue weighted by atomic mass is 79.9. The number of hydrogen-bond donors (Lipinski definition) is 0. The molecule has 0 aliphatic carbocycles. The maximum atomic E-state index is 9.45. The van der Waals surface area contributed by atoms with Gasteiger partial charge >= 0.3 is 0 Å². The molecule has 0 aromatic heterocycles. The van der Waals surface area contributed by atoms with Crippen LogP contribution in [0.3, 0.4) is 0 Å². The third-order valence-electron chi connectivity index (χ3n) is 3.35. The van der Waals surface area contributed by atoms with Crippen LogP contribution in [0.25, 0.3) is 0 Å². The Kier molecular flexibility index (Phi) is 8.54. The van der Waals surface area contributed by atoms with Gasteiger partial charge in [0.1, 0.15) is 11.8 Å². The van der Waals surface area contributed by atoms with E-state index in [1.165, 1.54) is 0 Å². The molecule has 0 N–H and O–H groups in total. The summed E-state index contributed by atoms with van der Waals surface area (Å²) in [5, 5.41) is 10.5. The van der Waals surface area contributed by atoms with Gasteiger partial charge in [0.15, 0.2) is 0 Å². The molecule has 0 amide bonds. The molecule has 3 heteroatoms. The molecule has 2 nitrogen and oxygen atoms in total. The Bertz CT molecular complexity index is 500. The first kappa shape index (κ1) is 17.5. The monoisotopic (exact) mass is 346 g/mol. The normalized spacial score (nSPS) is 13.1. The number of benzene rings is 1. The van der Waals surface area contributed by atoms with Gasteiger partial charge in [-0.25, -0.2) is 0 Å². The summed E-state index contributed by atoms with van der Waals surface area (Å²) in [6.07, 6.45) is 9.70. The molecule has 0 spiro atoms. The molecule has 0 bridgehead atoms. The van der Waals surface area contributed by atoms with Gasteiger partial charge in [-0.05, 0) is 43.9 Å². The number of para-hydroxylation sites is 1. The minimum absolute atomic E-state index is 0.315. The third kappa shape index (κ3) is 6.18. The van der Waals surface area contributed by atoms with Gasteiger partial charge in [0.05, 0.1) is 0 Å². The van der Waals surface area contributed by atoms with E-state index in [-0.39, 0.29) is 0 Å². The van der Waals surface area contributed by atoms with Crippen molar-refractivity contribution in [2.45, 2.75) is 26.2 Å². The molecule has 0 saturated heterocycles. The summed E-state index contributed by atoms with van der Waals surface area (Å²) in [6.45, 7) is 2.03. The van der Waals surface area contributed by atoms with Crippen LogP contribution in [0.2, 0.25) is 0 Å². The fraction of sp³-hybridized carbons (Fsp3) is 0.389. The van der Waals surface area contributed by atoms with Gasteiger partial charge in [-0.1, -0.05) is 52.7 Å². The lowest BCUT2D eigenvalue weighted by molar-refractivity contribution is 0.643. The minimum atomic E-state index is 0.315. The van der Waals surface area contributed by atoms with E-state index in [1.807, 2.05) is 49.2 Å². The van der Waals surface area contributed by atoms with Gasteiger partial charge in [0.2, 0.25) is 0 Å². The van der Waals surface area contributed by atoms with Crippen molar-refractivity contribution in [2.24, 2.45) is 5.92 Å². The van der Waals surface area contributed by atoms with Crippen molar-refractivity contribution in [1.82, 2.24) is 0 Å². The number of anilines is 1. The maximum absolute atomic E-state index is 9.45. The Labute approximate surface area is 136 Å². The summed E-state index contributed by atoms with van der Waals surface area (Å²) in [6, 6.07) is 12.3. The van der Waals surface area contributed by atoms with E-state index in [1.54, 1.807) is 0 Å². The lowest BCUT2D eigenvalue weighted by Gasteiger charge is -2.19. The average molecular weight is 347 g/mol. The molecule has 1 aromatic carbocycles. The van der Waals surface area contributed by atoms with Crippen molar-refractivity contribution >= 4 is 21.6 Å². The van der Waals surface area contributed by atoms with Crippen molar-refractivity contribution in [3.63, 3.8) is 0 Å². The third-order valence-corrected chi connectivity index (χ3v) is 3.91. The van der Waals surface area contributed by atoms with Gasteiger partial charge in [-0.2, -0.15) is 5.26 Å². The fourth-order valence-electron chi connectivity index (χ4n) is 2.17. The van der Waals surface area contributed by atoms with E-state index in [4.69, 9.17) is 0 Å². The highest BCUT2D eigenvalue weighted by Gasteiger charge is 2.09. The highest BCUT2D eigenvalue weighted by Crippen LogP contribution is 2.20. The Hall–Kier alpha value is -1.53. The highest BCUT2D eigenvalue weighted by molar-refractivity contribution is 9.09. The lowest BCUT2D eigenvalue weighted by Crippen LogP contribution is -2.16. The average Bonchev–Trinajstić information content (AvgIpc) is 2.53. The predicted molar refractivity (Wildman–Crippen MR) is 94.5 cm³/mol. The van der Waals surface area contributed by atoms with E-state index in [0.717, 1.165) is 30.3 Å². The SMILES string of the molecule is C/C=C\C(/C=C(\C#N)N(C)c1ccccc1)CCCCBr. The minimum Gasteiger partial charge on any atom is -0.336 e. The first-order valence-electron chi connectivity index (χ1n) is 7.32. The van der Waals surface area contributed by atoms with Gasteiger partial charge in [0.25, 0.3) is 0 Å². The molecule has 1 aromatic rings. The number of alkyl halides is 1. The molecule has 112 valence electrons. The lowest BCUT2D eigenvalue weighted by atomic mass is 10.00. The molecule has 21 heavy (non-hydrogen) atoms. The Balaban J connectivity index is 2.86. The number of nitrogens with zero attached hydrogens (tertiary/aromatic N) is 2. The van der Waals surface area contributed by atoms with Crippen LogP contribution in [0.4, 0.5) is 5.69 Å². The van der Waals surface area contributed by atoms with Crippen molar-refractivity contribution in [3.8, 4) is 6.07 Å². The maximum Gasteiger partial charge on any atom is 0.117 e. The van der Waals surface area contributed by atoms with E-state index in [9.17, 15) is 5.26 Å². The van der Waals surface area contributed by atoms with E-state index in [0.29, 0.717) is 11.6 Å². The zero-order chi connectivity index (χ0) is 15.5. The number of allylic oxidation sites excluding steroid dienone is 4. The van der Waals surface area contributed by atoms with Crippen molar-refractivity contribution < 1.29 is 0 Å². The number of rotatable bonds is 8. The van der Waals surface area contributed by atoms with Crippen molar-refractivity contribution in [3.05, 3.63) is 54.3 Å². The second kappa shape index (κ2) is 10.2. The largest absolute Gasteiger partial charge is 0.336 e. The van der Waals surface area contributed by atoms with Crippen LogP contribution >= 0.6 is 15.9 Å². The fourth-order valence-corrected chi connectivity index (χ4v) is 2.57. The molecule has 0 fully saturated rings. The van der Waals surface area contributed by atoms with Gasteiger partial charge in [-0.3, -0.25) is 0 Å². The summed E-state index contributed by atoms with van der Waals surface area (Å²) < 4.78 is 0. The smallest absolute Gasteiger partial charge is 0.117 e. The zero-order valence-corrected chi connectivity index (χ0v) is 14.4. The van der Waals surface area contributed by atoms with E-state index in [2.05, 4.69) is 40.2 Å². The van der Waals surface area contributed by atoms with Crippen LogP contribution in [0, 0.1) is 17.2 Å². The Morgan fingerprint density at radius 3 is 2.62 bits per heavy atom. The summed E-state index contributed by atoms with van der Waals surface area (Å²) in [5.74, 6) is 0.315. The molecule has 0 saturated carbocycles. The van der Waals surface area contributed by atoms with Crippen LogP contribution < -0.4 is 4.90 Å².